The number of hydrogen-bond acceptors (Lipinski definition) is 5. The Morgan fingerprint density at radius 1 is 1.69 bits per heavy atom. The Hall–Kier alpha value is -1.30. The second-order valence-electron chi connectivity index (χ2n) is 3.76. The van der Waals surface area contributed by atoms with Gasteiger partial charge in [0.2, 0.25) is 0 Å². The van der Waals surface area contributed by atoms with Gasteiger partial charge >= 0.3 is 5.97 Å². The Kier molecular flexibility index (Phi) is 5.63. The fraction of sp³-hybridized carbons (Fsp3) is 0.800. The van der Waals surface area contributed by atoms with Crippen LogP contribution in [0.1, 0.15) is 19.3 Å². The van der Waals surface area contributed by atoms with Crippen LogP contribution in [0.15, 0.2) is 4.99 Å². The number of nitrogens with one attached hydrogen (secondary N) is 3. The van der Waals surface area contributed by atoms with E-state index in [2.05, 4.69) is 20.9 Å². The summed E-state index contributed by atoms with van der Waals surface area (Å²) in [7, 11) is 1.67. The predicted molar refractivity (Wildman–Crippen MR) is 62.6 cm³/mol. The van der Waals surface area contributed by atoms with Crippen molar-refractivity contribution >= 4 is 11.9 Å². The van der Waals surface area contributed by atoms with Gasteiger partial charge < -0.3 is 21.1 Å². The number of aliphatic imine (C=N–C) groups is 1. The van der Waals surface area contributed by atoms with Gasteiger partial charge in [0.05, 0.1) is 0 Å². The van der Waals surface area contributed by atoms with Gasteiger partial charge in [0.15, 0.2) is 5.96 Å². The SMILES string of the molecule is CN[C@@H](CCCNC1=NCCCN1)C(=O)O. The smallest absolute Gasteiger partial charge is 0.320 e. The summed E-state index contributed by atoms with van der Waals surface area (Å²) in [5.74, 6) is 0.0400. The third-order valence-electron chi connectivity index (χ3n) is 2.51. The third-order valence-corrected chi connectivity index (χ3v) is 2.51. The molecule has 1 aliphatic rings. The van der Waals surface area contributed by atoms with E-state index in [1.807, 2.05) is 0 Å². The fourth-order valence-corrected chi connectivity index (χ4v) is 1.56. The molecule has 0 saturated heterocycles. The van der Waals surface area contributed by atoms with Crippen molar-refractivity contribution in [3.63, 3.8) is 0 Å². The number of guanidine groups is 1. The van der Waals surface area contributed by atoms with Crippen molar-refractivity contribution in [2.75, 3.05) is 26.7 Å². The minimum atomic E-state index is -0.796. The van der Waals surface area contributed by atoms with Crippen LogP contribution >= 0.6 is 0 Å². The summed E-state index contributed by atoms with van der Waals surface area (Å²) >= 11 is 0. The molecule has 1 atom stereocenters. The van der Waals surface area contributed by atoms with Crippen LogP contribution in [0.3, 0.4) is 0 Å². The molecule has 0 aromatic rings. The fourth-order valence-electron chi connectivity index (χ4n) is 1.56. The first-order chi connectivity index (χ1) is 7.74. The van der Waals surface area contributed by atoms with Gasteiger partial charge in [0.1, 0.15) is 6.04 Å². The van der Waals surface area contributed by atoms with Crippen molar-refractivity contribution in [3.8, 4) is 0 Å². The third kappa shape index (κ3) is 4.48. The monoisotopic (exact) mass is 228 g/mol. The van der Waals surface area contributed by atoms with Gasteiger partial charge in [-0.3, -0.25) is 9.79 Å². The average molecular weight is 228 g/mol. The Morgan fingerprint density at radius 2 is 2.50 bits per heavy atom. The zero-order valence-corrected chi connectivity index (χ0v) is 9.62. The lowest BCUT2D eigenvalue weighted by Gasteiger charge is -2.16. The molecule has 0 spiro atoms. The molecular weight excluding hydrogens is 208 g/mol. The molecule has 1 rings (SSSR count). The molecule has 6 heteroatoms. The predicted octanol–water partition coefficient (Wildman–Crippen LogP) is -0.622. The lowest BCUT2D eigenvalue weighted by atomic mass is 10.1. The maximum absolute atomic E-state index is 10.7. The highest BCUT2D eigenvalue weighted by atomic mass is 16.4. The summed E-state index contributed by atoms with van der Waals surface area (Å²) in [6.07, 6.45) is 2.50. The molecule has 0 radical (unpaired) electrons. The molecule has 0 aromatic carbocycles. The van der Waals surface area contributed by atoms with Crippen LogP contribution in [-0.2, 0) is 4.79 Å². The molecular formula is C10H20N4O2. The van der Waals surface area contributed by atoms with Gasteiger partial charge in [-0.05, 0) is 26.3 Å². The van der Waals surface area contributed by atoms with E-state index < -0.39 is 12.0 Å². The van der Waals surface area contributed by atoms with Crippen LogP contribution in [0.2, 0.25) is 0 Å². The second kappa shape index (κ2) is 7.05. The van der Waals surface area contributed by atoms with Gasteiger partial charge in [0, 0.05) is 19.6 Å². The summed E-state index contributed by atoms with van der Waals surface area (Å²) in [6.45, 7) is 2.57. The lowest BCUT2D eigenvalue weighted by Crippen LogP contribution is -2.41. The number of aliphatic carboxylic acids is 1. The van der Waals surface area contributed by atoms with Crippen molar-refractivity contribution in [3.05, 3.63) is 0 Å². The minimum absolute atomic E-state index is 0.456. The Balaban J connectivity index is 2.10. The molecule has 0 amide bonds. The van der Waals surface area contributed by atoms with Crippen LogP contribution in [0.25, 0.3) is 0 Å². The number of nitrogens with zero attached hydrogens (tertiary/aromatic N) is 1. The van der Waals surface area contributed by atoms with E-state index in [4.69, 9.17) is 5.11 Å². The number of carbonyl (C=O) groups is 1. The van der Waals surface area contributed by atoms with Crippen molar-refractivity contribution in [2.24, 2.45) is 4.99 Å². The average Bonchev–Trinajstić information content (AvgIpc) is 2.30. The van der Waals surface area contributed by atoms with E-state index in [-0.39, 0.29) is 0 Å². The van der Waals surface area contributed by atoms with Gasteiger partial charge in [-0.2, -0.15) is 0 Å². The van der Waals surface area contributed by atoms with Crippen molar-refractivity contribution in [2.45, 2.75) is 25.3 Å². The molecule has 4 N–H and O–H groups in total. The maximum Gasteiger partial charge on any atom is 0.320 e. The van der Waals surface area contributed by atoms with E-state index in [0.29, 0.717) is 6.42 Å². The molecule has 92 valence electrons. The number of hydrogen-bond donors (Lipinski definition) is 4. The van der Waals surface area contributed by atoms with Crippen LogP contribution in [0.5, 0.6) is 0 Å². The molecule has 6 nitrogen and oxygen atoms in total. The Bertz CT molecular complexity index is 255. The normalized spacial score (nSPS) is 17.2. The minimum Gasteiger partial charge on any atom is -0.480 e. The van der Waals surface area contributed by atoms with Gasteiger partial charge in [-0.1, -0.05) is 0 Å². The highest BCUT2D eigenvalue weighted by Gasteiger charge is 2.13. The molecule has 0 bridgehead atoms. The molecule has 0 fully saturated rings. The standard InChI is InChI=1S/C10H20N4O2/c1-11-8(9(15)16)4-2-5-12-10-13-6-3-7-14-10/h8,11H,2-7H2,1H3,(H,15,16)(H2,12,13,14)/t8-/m0/s1. The Morgan fingerprint density at radius 3 is 3.06 bits per heavy atom. The van der Waals surface area contributed by atoms with Gasteiger partial charge in [-0.15, -0.1) is 0 Å². The number of likely N-dealkylation sites (N-methyl/N-ethyl adjacent to an activating group) is 1. The highest BCUT2D eigenvalue weighted by Crippen LogP contribution is 1.96. The van der Waals surface area contributed by atoms with Crippen LogP contribution in [-0.4, -0.2) is 49.8 Å². The quantitative estimate of drug-likeness (QED) is 0.455. The van der Waals surface area contributed by atoms with Crippen LogP contribution < -0.4 is 16.0 Å². The lowest BCUT2D eigenvalue weighted by molar-refractivity contribution is -0.139. The summed E-state index contributed by atoms with van der Waals surface area (Å²) in [4.78, 5) is 15.0. The van der Waals surface area contributed by atoms with E-state index in [1.165, 1.54) is 0 Å². The van der Waals surface area contributed by atoms with Crippen molar-refractivity contribution in [1.29, 1.82) is 0 Å². The summed E-state index contributed by atoms with van der Waals surface area (Å²) in [5.41, 5.74) is 0. The molecule has 0 aromatic heterocycles. The Labute approximate surface area is 95.5 Å². The maximum atomic E-state index is 10.7. The van der Waals surface area contributed by atoms with Crippen LogP contribution in [0, 0.1) is 0 Å². The van der Waals surface area contributed by atoms with E-state index in [9.17, 15) is 4.79 Å². The van der Waals surface area contributed by atoms with E-state index in [1.54, 1.807) is 7.05 Å². The second-order valence-corrected chi connectivity index (χ2v) is 3.76. The van der Waals surface area contributed by atoms with Crippen LogP contribution in [0.4, 0.5) is 0 Å². The van der Waals surface area contributed by atoms with Crippen molar-refractivity contribution in [1.82, 2.24) is 16.0 Å². The molecule has 1 heterocycles. The first-order valence-electron chi connectivity index (χ1n) is 5.66. The molecule has 0 saturated carbocycles. The van der Waals surface area contributed by atoms with Gasteiger partial charge in [-0.25, -0.2) is 0 Å². The topological polar surface area (TPSA) is 85.8 Å². The van der Waals surface area contributed by atoms with E-state index in [0.717, 1.165) is 38.4 Å². The largest absolute Gasteiger partial charge is 0.480 e. The number of carboxylic acids is 1. The number of rotatable bonds is 6. The molecule has 0 unspecified atom stereocenters. The van der Waals surface area contributed by atoms with Gasteiger partial charge in [0.25, 0.3) is 0 Å². The molecule has 0 aliphatic carbocycles. The highest BCUT2D eigenvalue weighted by molar-refractivity contribution is 5.80. The zero-order chi connectivity index (χ0) is 11.8. The zero-order valence-electron chi connectivity index (χ0n) is 9.62. The van der Waals surface area contributed by atoms with Crippen molar-refractivity contribution < 1.29 is 9.90 Å². The first kappa shape index (κ1) is 12.8. The summed E-state index contributed by atoms with van der Waals surface area (Å²) in [5, 5.41) is 17.9. The number of carboxylic acid groups (broad SMARTS) is 1. The molecule has 16 heavy (non-hydrogen) atoms. The van der Waals surface area contributed by atoms with E-state index >= 15 is 0 Å². The molecule has 1 aliphatic heterocycles. The summed E-state index contributed by atoms with van der Waals surface area (Å²) < 4.78 is 0. The first-order valence-corrected chi connectivity index (χ1v) is 5.66. The summed E-state index contributed by atoms with van der Waals surface area (Å²) in [6, 6.07) is -0.456.